The van der Waals surface area contributed by atoms with Crippen molar-refractivity contribution in [2.24, 2.45) is 0 Å². The highest BCUT2D eigenvalue weighted by Gasteiger charge is 2.33. The lowest BCUT2D eigenvalue weighted by Crippen LogP contribution is -2.34. The van der Waals surface area contributed by atoms with E-state index in [1.54, 1.807) is 0 Å². The summed E-state index contributed by atoms with van der Waals surface area (Å²) in [6, 6.07) is 2.13. The number of anilines is 1. The summed E-state index contributed by atoms with van der Waals surface area (Å²) in [5.74, 6) is -1.70. The van der Waals surface area contributed by atoms with Crippen LogP contribution in [0.1, 0.15) is 12.8 Å². The van der Waals surface area contributed by atoms with E-state index in [0.717, 1.165) is 6.07 Å². The highest BCUT2D eigenvalue weighted by molar-refractivity contribution is 7.87. The SMILES string of the molecule is O=C(Nc1ccc(S(=O)(=O)O)c2cc(S(=O)(=O)O)cc(S(=O)(=O)O)c12)ON1C(=O)CCC1=O. The summed E-state index contributed by atoms with van der Waals surface area (Å²) < 4.78 is 98.7. The van der Waals surface area contributed by atoms with E-state index in [-0.39, 0.29) is 24.0 Å². The monoisotopic (exact) mass is 524 g/mol. The lowest BCUT2D eigenvalue weighted by atomic mass is 10.1. The number of carbonyl (C=O) groups excluding carboxylic acids is 3. The number of fused-ring (bicyclic) bond motifs is 1. The van der Waals surface area contributed by atoms with Crippen molar-refractivity contribution >= 4 is 64.7 Å². The second-order valence-electron chi connectivity index (χ2n) is 6.47. The van der Waals surface area contributed by atoms with Gasteiger partial charge in [-0.1, -0.05) is 0 Å². The Bertz CT molecular complexity index is 1530. The van der Waals surface area contributed by atoms with Crippen LogP contribution in [0.15, 0.2) is 39.0 Å². The molecule has 3 rings (SSSR count). The van der Waals surface area contributed by atoms with E-state index in [0.29, 0.717) is 12.1 Å². The number of amides is 3. The minimum atomic E-state index is -5.34. The van der Waals surface area contributed by atoms with Crippen molar-refractivity contribution < 1.29 is 58.1 Å². The van der Waals surface area contributed by atoms with Crippen LogP contribution in [0.4, 0.5) is 10.5 Å². The Kier molecular flexibility index (Phi) is 5.94. The molecule has 3 amide bonds. The molecule has 2 aromatic rings. The van der Waals surface area contributed by atoms with Crippen LogP contribution in [0.3, 0.4) is 0 Å². The molecule has 18 heteroatoms. The number of hydrogen-bond acceptors (Lipinski definition) is 10. The molecular weight excluding hydrogens is 512 g/mol. The number of imide groups is 1. The first-order valence-corrected chi connectivity index (χ1v) is 12.7. The fourth-order valence-corrected chi connectivity index (χ4v) is 4.99. The molecule has 0 aliphatic carbocycles. The van der Waals surface area contributed by atoms with Crippen molar-refractivity contribution in [2.45, 2.75) is 27.5 Å². The van der Waals surface area contributed by atoms with Crippen LogP contribution in [-0.2, 0) is 44.8 Å². The molecule has 1 aliphatic heterocycles. The molecule has 0 spiro atoms. The molecule has 0 saturated carbocycles. The molecule has 33 heavy (non-hydrogen) atoms. The maximum absolute atomic E-state index is 12.2. The fraction of sp³-hybridized carbons (Fsp3) is 0.133. The van der Waals surface area contributed by atoms with Gasteiger partial charge in [0.2, 0.25) is 0 Å². The van der Waals surface area contributed by atoms with E-state index < -0.39 is 79.4 Å². The quantitative estimate of drug-likeness (QED) is 0.302. The third-order valence-electron chi connectivity index (χ3n) is 4.28. The molecule has 0 unspecified atom stereocenters. The molecule has 1 saturated heterocycles. The Labute approximate surface area is 185 Å². The lowest BCUT2D eigenvalue weighted by molar-refractivity contribution is -0.170. The van der Waals surface area contributed by atoms with Gasteiger partial charge >= 0.3 is 6.09 Å². The molecule has 0 radical (unpaired) electrons. The highest BCUT2D eigenvalue weighted by atomic mass is 32.2. The lowest BCUT2D eigenvalue weighted by Gasteiger charge is -2.16. The largest absolute Gasteiger partial charge is 0.436 e. The Balaban J connectivity index is 2.28. The van der Waals surface area contributed by atoms with Gasteiger partial charge in [0.05, 0.1) is 10.6 Å². The first-order valence-electron chi connectivity index (χ1n) is 8.38. The van der Waals surface area contributed by atoms with Crippen molar-refractivity contribution in [2.75, 3.05) is 5.32 Å². The topological polar surface area (TPSA) is 239 Å². The normalized spacial score (nSPS) is 15.2. The molecular formula is C15H12N2O13S3. The van der Waals surface area contributed by atoms with Crippen molar-refractivity contribution in [3.05, 3.63) is 24.3 Å². The van der Waals surface area contributed by atoms with E-state index in [1.807, 2.05) is 5.32 Å². The highest BCUT2D eigenvalue weighted by Crippen LogP contribution is 2.37. The molecule has 1 fully saturated rings. The second-order valence-corrected chi connectivity index (χ2v) is 10.7. The van der Waals surface area contributed by atoms with Crippen LogP contribution >= 0.6 is 0 Å². The third kappa shape index (κ3) is 4.94. The number of hydrogen-bond donors (Lipinski definition) is 4. The fourth-order valence-electron chi connectivity index (χ4n) is 2.95. The summed E-state index contributed by atoms with van der Waals surface area (Å²) in [5.41, 5.74) is -0.601. The van der Waals surface area contributed by atoms with Gasteiger partial charge in [-0.15, -0.1) is 5.06 Å². The van der Waals surface area contributed by atoms with Gasteiger partial charge in [0.1, 0.15) is 9.79 Å². The maximum Gasteiger partial charge on any atom is 0.436 e. The second kappa shape index (κ2) is 8.01. The van der Waals surface area contributed by atoms with Gasteiger partial charge < -0.3 is 4.84 Å². The van der Waals surface area contributed by atoms with E-state index in [2.05, 4.69) is 4.84 Å². The van der Waals surface area contributed by atoms with Crippen molar-refractivity contribution in [3.8, 4) is 0 Å². The first-order chi connectivity index (χ1) is 15.0. The van der Waals surface area contributed by atoms with Gasteiger partial charge in [-0.3, -0.25) is 28.6 Å². The van der Waals surface area contributed by atoms with Gasteiger partial charge in [0.25, 0.3) is 42.2 Å². The molecule has 0 atom stereocenters. The summed E-state index contributed by atoms with van der Waals surface area (Å²) in [4.78, 5) is 36.4. The van der Waals surface area contributed by atoms with E-state index in [9.17, 15) is 53.3 Å². The molecule has 178 valence electrons. The number of carbonyl (C=O) groups is 3. The molecule has 0 aromatic heterocycles. The summed E-state index contributed by atoms with van der Waals surface area (Å²) in [5, 5.41) is 0.424. The number of benzene rings is 2. The van der Waals surface area contributed by atoms with Gasteiger partial charge in [-0.25, -0.2) is 4.79 Å². The van der Waals surface area contributed by atoms with Crippen LogP contribution < -0.4 is 5.32 Å². The summed E-state index contributed by atoms with van der Waals surface area (Å²) in [6.45, 7) is 0. The third-order valence-corrected chi connectivity index (χ3v) is 6.90. The van der Waals surface area contributed by atoms with Crippen LogP contribution in [-0.4, -0.2) is 61.9 Å². The predicted octanol–water partition coefficient (Wildman–Crippen LogP) is 0.192. The number of rotatable bonds is 5. The Hall–Kier alpha value is -3.16. The van der Waals surface area contributed by atoms with Gasteiger partial charge in [-0.05, 0) is 24.3 Å². The minimum absolute atomic E-state index is 0.143. The summed E-state index contributed by atoms with van der Waals surface area (Å²) in [6.07, 6.45) is -1.98. The minimum Gasteiger partial charge on any atom is -0.311 e. The van der Waals surface area contributed by atoms with Gasteiger partial charge in [0, 0.05) is 23.6 Å². The van der Waals surface area contributed by atoms with E-state index >= 15 is 0 Å². The van der Waals surface area contributed by atoms with Crippen molar-refractivity contribution in [3.63, 3.8) is 0 Å². The average Bonchev–Trinajstić information content (AvgIpc) is 2.96. The molecule has 2 aromatic carbocycles. The van der Waals surface area contributed by atoms with Crippen LogP contribution in [0.5, 0.6) is 0 Å². The smallest absolute Gasteiger partial charge is 0.311 e. The zero-order valence-corrected chi connectivity index (χ0v) is 18.3. The molecule has 1 heterocycles. The Morgan fingerprint density at radius 1 is 0.848 bits per heavy atom. The maximum atomic E-state index is 12.2. The molecule has 15 nitrogen and oxygen atoms in total. The van der Waals surface area contributed by atoms with Gasteiger partial charge in [0.15, 0.2) is 0 Å². The van der Waals surface area contributed by atoms with Gasteiger partial charge in [-0.2, -0.15) is 25.3 Å². The van der Waals surface area contributed by atoms with Crippen LogP contribution in [0, 0.1) is 0 Å². The molecule has 0 bridgehead atoms. The zero-order valence-electron chi connectivity index (χ0n) is 15.8. The number of hydroxylamine groups is 2. The van der Waals surface area contributed by atoms with Crippen molar-refractivity contribution in [1.29, 1.82) is 0 Å². The average molecular weight is 524 g/mol. The summed E-state index contributed by atoms with van der Waals surface area (Å²) in [7, 11) is -15.6. The zero-order chi connectivity index (χ0) is 24.9. The van der Waals surface area contributed by atoms with Crippen LogP contribution in [0.2, 0.25) is 0 Å². The predicted molar refractivity (Wildman–Crippen MR) is 105 cm³/mol. The number of nitrogens with one attached hydrogen (secondary N) is 1. The van der Waals surface area contributed by atoms with E-state index in [4.69, 9.17) is 0 Å². The first kappa shape index (κ1) is 24.5. The Morgan fingerprint density at radius 2 is 1.39 bits per heavy atom. The molecule has 1 aliphatic rings. The molecule has 4 N–H and O–H groups in total. The number of nitrogens with zero attached hydrogens (tertiary/aromatic N) is 1. The van der Waals surface area contributed by atoms with E-state index in [1.165, 1.54) is 0 Å². The Morgan fingerprint density at radius 3 is 1.88 bits per heavy atom. The van der Waals surface area contributed by atoms with Crippen molar-refractivity contribution in [1.82, 2.24) is 5.06 Å². The standard InChI is InChI=1S/C15H12N2O13S3/c18-12-3-4-13(19)17(12)30-15(20)16-9-1-2-10(32(24,25)26)8-5-7(31(21,22)23)6-11(14(8)9)33(27,28)29/h1-2,5-6H,3-4H2,(H,16,20)(H,21,22,23)(H,24,25,26)(H,27,28,29). The van der Waals surface area contributed by atoms with Crippen LogP contribution in [0.25, 0.3) is 10.8 Å². The summed E-state index contributed by atoms with van der Waals surface area (Å²) >= 11 is 0.